The molecule has 3 heteroatoms. The number of fused-ring (bicyclic) bond motifs is 1. The van der Waals surface area contributed by atoms with Gasteiger partial charge in [0.15, 0.2) is 0 Å². The molecule has 2 rings (SSSR count). The Hall–Kier alpha value is -1.64. The van der Waals surface area contributed by atoms with E-state index in [0.717, 1.165) is 17.7 Å². The maximum atomic E-state index is 11.6. The lowest BCUT2D eigenvalue weighted by molar-refractivity contribution is -0.141. The van der Waals surface area contributed by atoms with Crippen molar-refractivity contribution >= 4 is 11.7 Å². The van der Waals surface area contributed by atoms with Crippen LogP contribution in [0.25, 0.3) is 0 Å². The molecular formula is C15H19NO2. The fourth-order valence-electron chi connectivity index (χ4n) is 2.37. The fraction of sp³-hybridized carbons (Fsp3) is 0.467. The number of hydrogen-bond acceptors (Lipinski definition) is 3. The number of nitrogens with zero attached hydrogens (tertiary/aromatic N) is 1. The van der Waals surface area contributed by atoms with Crippen molar-refractivity contribution in [3.63, 3.8) is 0 Å². The number of carbonyl (C=O) groups excluding carboxylic acids is 1. The zero-order valence-electron chi connectivity index (χ0n) is 11.2. The van der Waals surface area contributed by atoms with Crippen LogP contribution in [0.3, 0.4) is 0 Å². The molecular weight excluding hydrogens is 226 g/mol. The third-order valence-corrected chi connectivity index (χ3v) is 3.01. The Kier molecular flexibility index (Phi) is 3.50. The summed E-state index contributed by atoms with van der Waals surface area (Å²) in [4.78, 5) is 16.3. The maximum absolute atomic E-state index is 11.6. The number of ether oxygens (including phenoxy) is 1. The Labute approximate surface area is 108 Å². The molecule has 1 aliphatic rings. The van der Waals surface area contributed by atoms with Crippen LogP contribution in [-0.2, 0) is 16.0 Å². The first-order valence-corrected chi connectivity index (χ1v) is 6.34. The minimum atomic E-state index is -0.205. The van der Waals surface area contributed by atoms with Crippen molar-refractivity contribution in [2.75, 3.05) is 6.61 Å². The molecule has 0 spiro atoms. The molecule has 3 nitrogen and oxygen atoms in total. The Morgan fingerprint density at radius 3 is 2.83 bits per heavy atom. The van der Waals surface area contributed by atoms with Gasteiger partial charge in [-0.2, -0.15) is 0 Å². The zero-order chi connectivity index (χ0) is 13.2. The second-order valence-electron chi connectivity index (χ2n) is 5.19. The smallest absolute Gasteiger partial charge is 0.311 e. The molecule has 0 unspecified atom stereocenters. The third kappa shape index (κ3) is 2.78. The molecule has 0 aromatic heterocycles. The number of benzene rings is 1. The Balaban J connectivity index is 2.31. The predicted molar refractivity (Wildman–Crippen MR) is 72.0 cm³/mol. The van der Waals surface area contributed by atoms with Gasteiger partial charge >= 0.3 is 5.97 Å². The molecule has 0 atom stereocenters. The molecule has 0 aliphatic carbocycles. The lowest BCUT2D eigenvalue weighted by Crippen LogP contribution is -2.30. The largest absolute Gasteiger partial charge is 0.466 e. The van der Waals surface area contributed by atoms with Crippen molar-refractivity contribution in [2.24, 2.45) is 4.99 Å². The topological polar surface area (TPSA) is 38.7 Å². The molecule has 18 heavy (non-hydrogen) atoms. The Bertz CT molecular complexity index is 489. The monoisotopic (exact) mass is 245 g/mol. The highest BCUT2D eigenvalue weighted by Crippen LogP contribution is 2.27. The average molecular weight is 245 g/mol. The summed E-state index contributed by atoms with van der Waals surface area (Å²) < 4.78 is 5.01. The number of esters is 1. The molecule has 0 saturated carbocycles. The first-order chi connectivity index (χ1) is 8.52. The molecule has 1 aromatic carbocycles. The molecule has 0 fully saturated rings. The zero-order valence-corrected chi connectivity index (χ0v) is 11.2. The maximum Gasteiger partial charge on any atom is 0.311 e. The van der Waals surface area contributed by atoms with Crippen LogP contribution in [0.2, 0.25) is 0 Å². The summed E-state index contributed by atoms with van der Waals surface area (Å²) in [7, 11) is 0. The number of rotatable bonds is 3. The van der Waals surface area contributed by atoms with Crippen LogP contribution < -0.4 is 0 Å². The molecule has 0 amide bonds. The summed E-state index contributed by atoms with van der Waals surface area (Å²) in [6.07, 6.45) is 1.17. The Morgan fingerprint density at radius 2 is 2.11 bits per heavy atom. The lowest BCUT2D eigenvalue weighted by Gasteiger charge is -2.28. The van der Waals surface area contributed by atoms with Crippen molar-refractivity contribution in [2.45, 2.75) is 39.2 Å². The van der Waals surface area contributed by atoms with Gasteiger partial charge in [0.25, 0.3) is 0 Å². The molecule has 0 bridgehead atoms. The number of hydrogen-bond donors (Lipinski definition) is 0. The van der Waals surface area contributed by atoms with Gasteiger partial charge in [0.1, 0.15) is 0 Å². The van der Waals surface area contributed by atoms with Crippen molar-refractivity contribution in [3.05, 3.63) is 35.4 Å². The van der Waals surface area contributed by atoms with Crippen LogP contribution in [0.5, 0.6) is 0 Å². The van der Waals surface area contributed by atoms with Crippen molar-refractivity contribution < 1.29 is 9.53 Å². The second kappa shape index (κ2) is 4.92. The summed E-state index contributed by atoms with van der Waals surface area (Å²) in [6, 6.07) is 8.15. The van der Waals surface area contributed by atoms with Gasteiger partial charge in [0.2, 0.25) is 0 Å². The average Bonchev–Trinajstić information content (AvgIpc) is 2.27. The first kappa shape index (κ1) is 12.8. The van der Waals surface area contributed by atoms with Crippen LogP contribution >= 0.6 is 0 Å². The van der Waals surface area contributed by atoms with Crippen LogP contribution in [0, 0.1) is 0 Å². The van der Waals surface area contributed by atoms with Gasteiger partial charge in [-0.1, -0.05) is 24.3 Å². The summed E-state index contributed by atoms with van der Waals surface area (Å²) in [5.74, 6) is -0.205. The van der Waals surface area contributed by atoms with E-state index in [1.54, 1.807) is 0 Å². The highest BCUT2D eigenvalue weighted by molar-refractivity contribution is 6.10. The van der Waals surface area contributed by atoms with Gasteiger partial charge in [-0.15, -0.1) is 0 Å². The van der Waals surface area contributed by atoms with Gasteiger partial charge < -0.3 is 4.74 Å². The highest BCUT2D eigenvalue weighted by atomic mass is 16.5. The first-order valence-electron chi connectivity index (χ1n) is 6.34. The van der Waals surface area contributed by atoms with E-state index in [0.29, 0.717) is 6.61 Å². The van der Waals surface area contributed by atoms with Crippen molar-refractivity contribution in [1.82, 2.24) is 0 Å². The predicted octanol–water partition coefficient (Wildman–Crippen LogP) is 2.76. The minimum Gasteiger partial charge on any atom is -0.466 e. The van der Waals surface area contributed by atoms with E-state index in [1.807, 2.05) is 25.1 Å². The van der Waals surface area contributed by atoms with E-state index < -0.39 is 0 Å². The van der Waals surface area contributed by atoms with E-state index in [9.17, 15) is 4.79 Å². The Morgan fingerprint density at radius 1 is 1.39 bits per heavy atom. The van der Waals surface area contributed by atoms with E-state index in [1.165, 1.54) is 5.56 Å². The van der Waals surface area contributed by atoms with Gasteiger partial charge in [-0.05, 0) is 38.3 Å². The van der Waals surface area contributed by atoms with E-state index >= 15 is 0 Å². The lowest BCUT2D eigenvalue weighted by atomic mass is 9.86. The van der Waals surface area contributed by atoms with Crippen molar-refractivity contribution in [3.8, 4) is 0 Å². The molecule has 0 radical (unpaired) electrons. The third-order valence-electron chi connectivity index (χ3n) is 3.01. The summed E-state index contributed by atoms with van der Waals surface area (Å²) in [6.45, 7) is 6.41. The van der Waals surface area contributed by atoms with Gasteiger partial charge in [0, 0.05) is 0 Å². The number of carbonyl (C=O) groups is 1. The molecule has 96 valence electrons. The van der Waals surface area contributed by atoms with Crippen molar-refractivity contribution in [1.29, 1.82) is 0 Å². The fourth-order valence-corrected chi connectivity index (χ4v) is 2.37. The molecule has 1 aromatic rings. The second-order valence-corrected chi connectivity index (χ2v) is 5.19. The van der Waals surface area contributed by atoms with Crippen LogP contribution in [0.1, 0.15) is 38.3 Å². The van der Waals surface area contributed by atoms with Gasteiger partial charge in [-0.3, -0.25) is 9.79 Å². The van der Waals surface area contributed by atoms with Crippen LogP contribution in [-0.4, -0.2) is 23.8 Å². The number of aliphatic imine (C=N–C) groups is 1. The highest BCUT2D eigenvalue weighted by Gasteiger charge is 2.27. The normalized spacial score (nSPS) is 16.7. The van der Waals surface area contributed by atoms with E-state index in [-0.39, 0.29) is 17.9 Å². The van der Waals surface area contributed by atoms with Gasteiger partial charge in [0.05, 0.1) is 24.3 Å². The summed E-state index contributed by atoms with van der Waals surface area (Å²) in [5, 5.41) is 0. The molecule has 0 saturated heterocycles. The van der Waals surface area contributed by atoms with E-state index in [2.05, 4.69) is 19.9 Å². The summed E-state index contributed by atoms with van der Waals surface area (Å²) in [5.41, 5.74) is 3.05. The minimum absolute atomic E-state index is 0.143. The molecule has 1 heterocycles. The standard InChI is InChI=1S/C15H19NO2/c1-4-18-14(17)9-13-12-8-6-5-7-11(12)10-15(2,3)16-13/h5-8H,4,9-10H2,1-3H3. The summed E-state index contributed by atoms with van der Waals surface area (Å²) >= 11 is 0. The van der Waals surface area contributed by atoms with Crippen LogP contribution in [0.4, 0.5) is 0 Å². The quantitative estimate of drug-likeness (QED) is 0.768. The van der Waals surface area contributed by atoms with Crippen LogP contribution in [0.15, 0.2) is 29.3 Å². The molecule has 1 aliphatic heterocycles. The molecule has 0 N–H and O–H groups in total. The SMILES string of the molecule is CCOC(=O)CC1=NC(C)(C)Cc2ccccc21. The van der Waals surface area contributed by atoms with E-state index in [4.69, 9.17) is 9.73 Å². The van der Waals surface area contributed by atoms with Gasteiger partial charge in [-0.25, -0.2) is 0 Å².